The number of aromatic nitrogens is 1. The lowest BCUT2D eigenvalue weighted by atomic mass is 10.0. The van der Waals surface area contributed by atoms with Gasteiger partial charge in [0.15, 0.2) is 0 Å². The number of carbonyl (C=O) groups excluding carboxylic acids is 1. The van der Waals surface area contributed by atoms with Gasteiger partial charge in [-0.15, -0.1) is 0 Å². The van der Waals surface area contributed by atoms with E-state index in [0.29, 0.717) is 29.3 Å². The van der Waals surface area contributed by atoms with Crippen molar-refractivity contribution in [1.29, 1.82) is 0 Å². The molecule has 1 aliphatic carbocycles. The Kier molecular flexibility index (Phi) is 7.88. The van der Waals surface area contributed by atoms with Crippen LogP contribution in [0.2, 0.25) is 0 Å². The van der Waals surface area contributed by atoms with Crippen molar-refractivity contribution in [2.45, 2.75) is 57.8 Å². The summed E-state index contributed by atoms with van der Waals surface area (Å²) in [6.45, 7) is 2.89. The molecule has 0 saturated heterocycles. The SMILES string of the molecule is C[C@H](Cc1ccc2[nH]c(C(=O)NCC3CCCC3)cc2c1)NC[C@H](O)c1ccc(O)c(CO)c1. The van der Waals surface area contributed by atoms with E-state index in [0.717, 1.165) is 29.4 Å². The number of nitrogens with one attached hydrogen (secondary N) is 3. The third-order valence-corrected chi connectivity index (χ3v) is 6.82. The van der Waals surface area contributed by atoms with Crippen LogP contribution in [-0.2, 0) is 13.0 Å². The Balaban J connectivity index is 1.31. The minimum Gasteiger partial charge on any atom is -0.508 e. The summed E-state index contributed by atoms with van der Waals surface area (Å²) in [5.74, 6) is 0.583. The largest absolute Gasteiger partial charge is 0.508 e. The van der Waals surface area contributed by atoms with Crippen LogP contribution >= 0.6 is 0 Å². The summed E-state index contributed by atoms with van der Waals surface area (Å²) >= 11 is 0. The van der Waals surface area contributed by atoms with E-state index in [-0.39, 0.29) is 24.3 Å². The quantitative estimate of drug-likeness (QED) is 0.274. The van der Waals surface area contributed by atoms with Gasteiger partial charge in [-0.1, -0.05) is 25.0 Å². The number of hydrogen-bond acceptors (Lipinski definition) is 5. The molecule has 7 heteroatoms. The van der Waals surface area contributed by atoms with E-state index < -0.39 is 6.10 Å². The van der Waals surface area contributed by atoms with Crippen LogP contribution < -0.4 is 10.6 Å². The molecule has 2 atom stereocenters. The Hall–Kier alpha value is -2.87. The molecular weight excluding hydrogens is 430 g/mol. The van der Waals surface area contributed by atoms with Gasteiger partial charge in [0.25, 0.3) is 5.91 Å². The molecule has 7 nitrogen and oxygen atoms in total. The number of amides is 1. The van der Waals surface area contributed by atoms with Gasteiger partial charge in [-0.25, -0.2) is 0 Å². The Morgan fingerprint density at radius 3 is 2.71 bits per heavy atom. The number of benzene rings is 2. The molecule has 2 aromatic carbocycles. The molecule has 0 unspecified atom stereocenters. The highest BCUT2D eigenvalue weighted by Gasteiger charge is 2.17. The Morgan fingerprint density at radius 2 is 1.94 bits per heavy atom. The van der Waals surface area contributed by atoms with Gasteiger partial charge in [0.1, 0.15) is 11.4 Å². The standard InChI is InChI=1S/C27H35N3O4/c1-17(28-15-26(33)20-7-9-25(32)22(12-20)16-31)10-19-6-8-23-21(11-19)13-24(30-23)27(34)29-14-18-4-2-3-5-18/h6-9,11-13,17-18,26,28,30-33H,2-5,10,14-16H2,1H3,(H,29,34)/t17-,26+/m1/s1. The zero-order valence-corrected chi connectivity index (χ0v) is 19.7. The monoisotopic (exact) mass is 465 g/mol. The molecule has 182 valence electrons. The van der Waals surface area contributed by atoms with Crippen LogP contribution in [0.1, 0.15) is 65.9 Å². The first kappa shape index (κ1) is 24.3. The van der Waals surface area contributed by atoms with Crippen LogP contribution in [0.25, 0.3) is 10.9 Å². The lowest BCUT2D eigenvalue weighted by molar-refractivity contribution is 0.0943. The van der Waals surface area contributed by atoms with Gasteiger partial charge < -0.3 is 30.9 Å². The first-order chi connectivity index (χ1) is 16.4. The van der Waals surface area contributed by atoms with Gasteiger partial charge in [-0.3, -0.25) is 4.79 Å². The minimum atomic E-state index is -0.745. The average molecular weight is 466 g/mol. The summed E-state index contributed by atoms with van der Waals surface area (Å²) in [6.07, 6.45) is 4.98. The zero-order valence-electron chi connectivity index (χ0n) is 19.7. The number of aliphatic hydroxyl groups excluding tert-OH is 2. The second kappa shape index (κ2) is 11.0. The molecule has 6 N–H and O–H groups in total. The molecule has 34 heavy (non-hydrogen) atoms. The third-order valence-electron chi connectivity index (χ3n) is 6.82. The molecule has 0 radical (unpaired) electrons. The number of fused-ring (bicyclic) bond motifs is 1. The maximum Gasteiger partial charge on any atom is 0.267 e. The Bertz CT molecular complexity index is 1120. The van der Waals surface area contributed by atoms with Gasteiger partial charge in [0, 0.05) is 35.6 Å². The number of hydrogen-bond donors (Lipinski definition) is 6. The normalized spacial score (nSPS) is 16.1. The van der Waals surface area contributed by atoms with Gasteiger partial charge in [0.2, 0.25) is 0 Å². The van der Waals surface area contributed by atoms with Gasteiger partial charge >= 0.3 is 0 Å². The first-order valence-corrected chi connectivity index (χ1v) is 12.2. The van der Waals surface area contributed by atoms with E-state index in [2.05, 4.69) is 34.7 Å². The van der Waals surface area contributed by atoms with E-state index in [1.54, 1.807) is 12.1 Å². The van der Waals surface area contributed by atoms with E-state index >= 15 is 0 Å². The summed E-state index contributed by atoms with van der Waals surface area (Å²) in [5, 5.41) is 36.9. The molecule has 0 bridgehead atoms. The van der Waals surface area contributed by atoms with Crippen molar-refractivity contribution in [3.8, 4) is 5.75 Å². The van der Waals surface area contributed by atoms with E-state index in [4.69, 9.17) is 0 Å². The molecule has 1 heterocycles. The molecule has 1 aromatic heterocycles. The zero-order chi connectivity index (χ0) is 24.1. The third kappa shape index (κ3) is 5.97. The lowest BCUT2D eigenvalue weighted by Crippen LogP contribution is -2.32. The van der Waals surface area contributed by atoms with E-state index in [1.807, 2.05) is 12.1 Å². The summed E-state index contributed by atoms with van der Waals surface area (Å²) < 4.78 is 0. The van der Waals surface area contributed by atoms with Crippen LogP contribution in [0.3, 0.4) is 0 Å². The van der Waals surface area contributed by atoms with Crippen molar-refractivity contribution in [3.05, 3.63) is 64.8 Å². The molecule has 4 rings (SSSR count). The summed E-state index contributed by atoms with van der Waals surface area (Å²) in [6, 6.07) is 13.0. The molecule has 0 spiro atoms. The highest BCUT2D eigenvalue weighted by Crippen LogP contribution is 2.25. The Morgan fingerprint density at radius 1 is 1.15 bits per heavy atom. The highest BCUT2D eigenvalue weighted by atomic mass is 16.3. The fraction of sp³-hybridized carbons (Fsp3) is 0.444. The minimum absolute atomic E-state index is 0.0226. The molecule has 1 fully saturated rings. The van der Waals surface area contributed by atoms with Crippen molar-refractivity contribution in [3.63, 3.8) is 0 Å². The molecule has 1 saturated carbocycles. The number of aromatic hydroxyl groups is 1. The van der Waals surface area contributed by atoms with Crippen molar-refractivity contribution in [1.82, 2.24) is 15.6 Å². The van der Waals surface area contributed by atoms with Crippen LogP contribution in [0.4, 0.5) is 0 Å². The fourth-order valence-electron chi connectivity index (χ4n) is 4.77. The number of rotatable bonds is 10. The van der Waals surface area contributed by atoms with Crippen LogP contribution in [0, 0.1) is 5.92 Å². The number of carbonyl (C=O) groups is 1. The molecule has 1 amide bonds. The smallest absolute Gasteiger partial charge is 0.267 e. The first-order valence-electron chi connectivity index (χ1n) is 12.2. The van der Waals surface area contributed by atoms with Crippen molar-refractivity contribution < 1.29 is 20.1 Å². The lowest BCUT2D eigenvalue weighted by Gasteiger charge is -2.18. The molecule has 0 aliphatic heterocycles. The second-order valence-corrected chi connectivity index (χ2v) is 9.54. The van der Waals surface area contributed by atoms with Gasteiger partial charge in [0.05, 0.1) is 12.7 Å². The number of H-pyrrole nitrogens is 1. The predicted molar refractivity (Wildman–Crippen MR) is 133 cm³/mol. The predicted octanol–water partition coefficient (Wildman–Crippen LogP) is 3.54. The van der Waals surface area contributed by atoms with Crippen LogP contribution in [0.5, 0.6) is 5.75 Å². The van der Waals surface area contributed by atoms with Crippen molar-refractivity contribution >= 4 is 16.8 Å². The number of aromatic amines is 1. The topological polar surface area (TPSA) is 118 Å². The fourth-order valence-corrected chi connectivity index (χ4v) is 4.77. The highest BCUT2D eigenvalue weighted by molar-refractivity contribution is 5.98. The van der Waals surface area contributed by atoms with E-state index in [1.165, 1.54) is 31.7 Å². The molecule has 1 aliphatic rings. The maximum atomic E-state index is 12.6. The van der Waals surface area contributed by atoms with Crippen molar-refractivity contribution in [2.75, 3.05) is 13.1 Å². The van der Waals surface area contributed by atoms with Crippen molar-refractivity contribution in [2.24, 2.45) is 5.92 Å². The molecular formula is C27H35N3O4. The van der Waals surface area contributed by atoms with Crippen LogP contribution in [0.15, 0.2) is 42.5 Å². The second-order valence-electron chi connectivity index (χ2n) is 9.54. The number of phenols is 1. The number of aliphatic hydroxyl groups is 2. The molecule has 3 aromatic rings. The van der Waals surface area contributed by atoms with Gasteiger partial charge in [-0.05, 0) is 73.6 Å². The summed E-state index contributed by atoms with van der Waals surface area (Å²) in [7, 11) is 0. The Labute approximate surface area is 200 Å². The van der Waals surface area contributed by atoms with Crippen LogP contribution in [-0.4, -0.2) is 45.3 Å². The maximum absolute atomic E-state index is 12.6. The summed E-state index contributed by atoms with van der Waals surface area (Å²) in [5.41, 5.74) is 3.73. The van der Waals surface area contributed by atoms with E-state index in [9.17, 15) is 20.1 Å². The summed E-state index contributed by atoms with van der Waals surface area (Å²) in [4.78, 5) is 15.8. The average Bonchev–Trinajstić information content (AvgIpc) is 3.51. The van der Waals surface area contributed by atoms with Gasteiger partial charge in [-0.2, -0.15) is 0 Å².